The van der Waals surface area contributed by atoms with Gasteiger partial charge in [0.2, 0.25) is 0 Å². The topological polar surface area (TPSA) is 9.23 Å². The zero-order chi connectivity index (χ0) is 11.0. The Bertz CT molecular complexity index is 154. The lowest BCUT2D eigenvalue weighted by molar-refractivity contribution is 0.187. The number of methoxy groups -OCH3 is 1. The van der Waals surface area contributed by atoms with Gasteiger partial charge in [0.15, 0.2) is 0 Å². The summed E-state index contributed by atoms with van der Waals surface area (Å²) in [6.07, 6.45) is 5.62. The SMILES string of the molecule is CC=CCC(C)PC(COC)C(C)C. The van der Waals surface area contributed by atoms with E-state index in [0.29, 0.717) is 0 Å². The maximum absolute atomic E-state index is 5.26. The van der Waals surface area contributed by atoms with Gasteiger partial charge < -0.3 is 4.74 Å². The van der Waals surface area contributed by atoms with Gasteiger partial charge in [-0.1, -0.05) is 32.9 Å². The van der Waals surface area contributed by atoms with Crippen molar-refractivity contribution in [2.24, 2.45) is 5.92 Å². The quantitative estimate of drug-likeness (QED) is 0.466. The van der Waals surface area contributed by atoms with Crippen LogP contribution in [0.15, 0.2) is 12.2 Å². The van der Waals surface area contributed by atoms with Crippen molar-refractivity contribution in [1.82, 2.24) is 0 Å². The molecule has 3 unspecified atom stereocenters. The highest BCUT2D eigenvalue weighted by molar-refractivity contribution is 7.39. The summed E-state index contributed by atoms with van der Waals surface area (Å²) in [6, 6.07) is 0. The molecule has 84 valence electrons. The lowest BCUT2D eigenvalue weighted by Crippen LogP contribution is -2.18. The van der Waals surface area contributed by atoms with Gasteiger partial charge in [-0.15, -0.1) is 8.58 Å². The van der Waals surface area contributed by atoms with Crippen molar-refractivity contribution in [2.75, 3.05) is 13.7 Å². The zero-order valence-electron chi connectivity index (χ0n) is 10.2. The first-order valence-electron chi connectivity index (χ1n) is 5.48. The maximum atomic E-state index is 5.26. The van der Waals surface area contributed by atoms with Gasteiger partial charge >= 0.3 is 0 Å². The van der Waals surface area contributed by atoms with Crippen LogP contribution in [0, 0.1) is 5.92 Å². The second-order valence-corrected chi connectivity index (χ2v) is 6.24. The van der Waals surface area contributed by atoms with E-state index in [4.69, 9.17) is 4.74 Å². The molecule has 0 saturated carbocycles. The van der Waals surface area contributed by atoms with Crippen LogP contribution in [-0.4, -0.2) is 25.0 Å². The van der Waals surface area contributed by atoms with Crippen molar-refractivity contribution in [3.05, 3.63) is 12.2 Å². The second-order valence-electron chi connectivity index (χ2n) is 4.18. The van der Waals surface area contributed by atoms with E-state index >= 15 is 0 Å². The second kappa shape index (κ2) is 8.44. The van der Waals surface area contributed by atoms with Crippen LogP contribution in [0.1, 0.15) is 34.1 Å². The summed E-state index contributed by atoms with van der Waals surface area (Å²) < 4.78 is 5.26. The third kappa shape index (κ3) is 6.56. The first kappa shape index (κ1) is 14.1. The molecule has 0 aliphatic carbocycles. The third-order valence-corrected chi connectivity index (χ3v) is 4.44. The minimum absolute atomic E-state index is 0.736. The monoisotopic (exact) mass is 216 g/mol. The number of ether oxygens (including phenoxy) is 1. The molecular weight excluding hydrogens is 191 g/mol. The molecule has 0 fully saturated rings. The van der Waals surface area contributed by atoms with Crippen LogP contribution in [0.25, 0.3) is 0 Å². The number of allylic oxidation sites excluding steroid dienone is 2. The molecule has 0 aliphatic heterocycles. The van der Waals surface area contributed by atoms with E-state index in [1.54, 1.807) is 7.11 Å². The fourth-order valence-corrected chi connectivity index (χ4v) is 3.04. The van der Waals surface area contributed by atoms with Gasteiger partial charge in [-0.25, -0.2) is 0 Å². The molecule has 0 aromatic heterocycles. The smallest absolute Gasteiger partial charge is 0.0529 e. The molecule has 0 heterocycles. The third-order valence-electron chi connectivity index (χ3n) is 2.37. The molecule has 0 aromatic carbocycles. The Morgan fingerprint density at radius 2 is 1.93 bits per heavy atom. The van der Waals surface area contributed by atoms with Crippen LogP contribution in [0.5, 0.6) is 0 Å². The normalized spacial score (nSPS) is 17.3. The standard InChI is InChI=1S/C12H25OP/c1-6-7-8-11(4)14-12(9-13-5)10(2)3/h6-7,10-12,14H,8-9H2,1-5H3. The Balaban J connectivity index is 3.88. The van der Waals surface area contributed by atoms with Gasteiger partial charge in [-0.3, -0.25) is 0 Å². The summed E-state index contributed by atoms with van der Waals surface area (Å²) in [5, 5.41) is 0. The van der Waals surface area contributed by atoms with Gasteiger partial charge in [0.1, 0.15) is 0 Å². The fourth-order valence-electron chi connectivity index (χ4n) is 1.39. The highest BCUT2D eigenvalue weighted by atomic mass is 31.1. The summed E-state index contributed by atoms with van der Waals surface area (Å²) in [5.41, 5.74) is 1.54. The zero-order valence-corrected chi connectivity index (χ0v) is 11.2. The molecule has 0 amide bonds. The Hall–Kier alpha value is 0.130. The minimum atomic E-state index is 0.736. The van der Waals surface area contributed by atoms with Gasteiger partial charge in [-0.05, 0) is 24.9 Å². The van der Waals surface area contributed by atoms with E-state index in [2.05, 4.69) is 39.8 Å². The van der Waals surface area contributed by atoms with Crippen molar-refractivity contribution in [2.45, 2.75) is 45.4 Å². The van der Waals surface area contributed by atoms with Crippen molar-refractivity contribution < 1.29 is 4.74 Å². The molecule has 14 heavy (non-hydrogen) atoms. The molecule has 0 spiro atoms. The molecule has 0 rings (SSSR count). The molecule has 0 N–H and O–H groups in total. The van der Waals surface area contributed by atoms with Crippen LogP contribution in [0.3, 0.4) is 0 Å². The Labute approximate surface area is 91.1 Å². The molecule has 1 nitrogen and oxygen atoms in total. The van der Waals surface area contributed by atoms with Crippen LogP contribution < -0.4 is 0 Å². The largest absolute Gasteiger partial charge is 0.384 e. The van der Waals surface area contributed by atoms with E-state index in [0.717, 1.165) is 32.4 Å². The predicted octanol–water partition coefficient (Wildman–Crippen LogP) is 3.69. The predicted molar refractivity (Wildman–Crippen MR) is 67.7 cm³/mol. The highest BCUT2D eigenvalue weighted by Crippen LogP contribution is 2.32. The fraction of sp³-hybridized carbons (Fsp3) is 0.833. The van der Waals surface area contributed by atoms with Crippen LogP contribution in [0.2, 0.25) is 0 Å². The van der Waals surface area contributed by atoms with Crippen molar-refractivity contribution in [3.63, 3.8) is 0 Å². The minimum Gasteiger partial charge on any atom is -0.384 e. The van der Waals surface area contributed by atoms with Gasteiger partial charge in [-0.2, -0.15) is 0 Å². The van der Waals surface area contributed by atoms with Gasteiger partial charge in [0.05, 0.1) is 6.61 Å². The Kier molecular flexibility index (Phi) is 8.52. The summed E-state index contributed by atoms with van der Waals surface area (Å²) in [4.78, 5) is 0. The molecule has 0 aliphatic rings. The number of rotatable bonds is 7. The molecule has 3 atom stereocenters. The lowest BCUT2D eigenvalue weighted by atomic mass is 10.1. The first-order chi connectivity index (χ1) is 6.61. The Morgan fingerprint density at radius 1 is 1.29 bits per heavy atom. The maximum Gasteiger partial charge on any atom is 0.0529 e. The molecule has 0 aromatic rings. The molecule has 0 radical (unpaired) electrons. The molecule has 0 saturated heterocycles. The van der Waals surface area contributed by atoms with E-state index in [1.807, 2.05) is 0 Å². The van der Waals surface area contributed by atoms with Crippen LogP contribution in [-0.2, 0) is 4.74 Å². The van der Waals surface area contributed by atoms with Crippen molar-refractivity contribution >= 4 is 8.58 Å². The van der Waals surface area contributed by atoms with Gasteiger partial charge in [0, 0.05) is 12.8 Å². The average Bonchev–Trinajstić information content (AvgIpc) is 2.14. The molecule has 0 bridgehead atoms. The van der Waals surface area contributed by atoms with E-state index in [-0.39, 0.29) is 0 Å². The molecule has 2 heteroatoms. The van der Waals surface area contributed by atoms with Crippen molar-refractivity contribution in [1.29, 1.82) is 0 Å². The number of hydrogen-bond acceptors (Lipinski definition) is 1. The molecular formula is C12H25OP. The first-order valence-corrected chi connectivity index (χ1v) is 6.63. The van der Waals surface area contributed by atoms with Crippen LogP contribution in [0.4, 0.5) is 0 Å². The lowest BCUT2D eigenvalue weighted by Gasteiger charge is -2.23. The number of hydrogen-bond donors (Lipinski definition) is 0. The van der Waals surface area contributed by atoms with E-state index in [1.165, 1.54) is 6.42 Å². The Morgan fingerprint density at radius 3 is 2.36 bits per heavy atom. The van der Waals surface area contributed by atoms with Crippen molar-refractivity contribution in [3.8, 4) is 0 Å². The summed E-state index contributed by atoms with van der Waals surface area (Å²) >= 11 is 0. The van der Waals surface area contributed by atoms with Gasteiger partial charge in [0.25, 0.3) is 0 Å². The van der Waals surface area contributed by atoms with E-state index in [9.17, 15) is 0 Å². The highest BCUT2D eigenvalue weighted by Gasteiger charge is 2.15. The average molecular weight is 216 g/mol. The summed E-state index contributed by atoms with van der Waals surface area (Å²) in [6.45, 7) is 9.92. The summed E-state index contributed by atoms with van der Waals surface area (Å²) in [7, 11) is 2.82. The van der Waals surface area contributed by atoms with Crippen LogP contribution >= 0.6 is 8.58 Å². The summed E-state index contributed by atoms with van der Waals surface area (Å²) in [5.74, 6) is 0.737. The van der Waals surface area contributed by atoms with E-state index < -0.39 is 0 Å².